The Morgan fingerprint density at radius 2 is 1.78 bits per heavy atom. The number of likely N-dealkylation sites (N-methyl/N-ethyl adjacent to an activating group) is 1. The minimum atomic E-state index is -1.16. The number of carboxylic acids is 1. The molecule has 0 unspecified atom stereocenters. The van der Waals surface area contributed by atoms with Gasteiger partial charge in [-0.1, -0.05) is 29.8 Å². The van der Waals surface area contributed by atoms with E-state index in [0.29, 0.717) is 17.0 Å². The average molecular weight is 467 g/mol. The van der Waals surface area contributed by atoms with Gasteiger partial charge in [0, 0.05) is 12.6 Å². The van der Waals surface area contributed by atoms with Crippen molar-refractivity contribution in [3.8, 4) is 11.3 Å². The van der Waals surface area contributed by atoms with Crippen LogP contribution in [0.4, 0.5) is 5.69 Å². The first-order chi connectivity index (χ1) is 15.3. The molecule has 9 heteroatoms. The number of amides is 2. The van der Waals surface area contributed by atoms with E-state index < -0.39 is 17.8 Å². The third kappa shape index (κ3) is 3.81. The quantitative estimate of drug-likeness (QED) is 0.346. The number of carbonyl (C=O) groups excluding carboxylic acids is 2. The topological polar surface area (TPSA) is 91.1 Å². The van der Waals surface area contributed by atoms with Crippen LogP contribution in [0.15, 0.2) is 70.7 Å². The second-order valence-corrected chi connectivity index (χ2v) is 7.66. The third-order valence-electron chi connectivity index (χ3n) is 4.86. The number of anilines is 1. The van der Waals surface area contributed by atoms with Crippen LogP contribution in [-0.2, 0) is 9.59 Å². The highest BCUT2D eigenvalue weighted by Gasteiger charge is 2.38. The van der Waals surface area contributed by atoms with E-state index in [-0.39, 0.29) is 27.0 Å². The second kappa shape index (κ2) is 8.41. The Bertz CT molecular complexity index is 1300. The van der Waals surface area contributed by atoms with E-state index in [4.69, 9.17) is 28.2 Å². The van der Waals surface area contributed by atoms with Gasteiger partial charge in [0.25, 0.3) is 11.8 Å². The number of hydrogen-bond acceptors (Lipinski definition) is 5. The van der Waals surface area contributed by atoms with E-state index in [1.54, 1.807) is 42.5 Å². The summed E-state index contributed by atoms with van der Waals surface area (Å²) in [5.41, 5.74) is 0.845. The van der Waals surface area contributed by atoms with Crippen molar-refractivity contribution in [2.45, 2.75) is 0 Å². The molecule has 160 valence electrons. The Kier molecular flexibility index (Phi) is 5.65. The summed E-state index contributed by atoms with van der Waals surface area (Å²) in [6, 6.07) is 16.4. The molecule has 1 aliphatic rings. The van der Waals surface area contributed by atoms with Crippen LogP contribution in [0.3, 0.4) is 0 Å². The molecule has 7 nitrogen and oxygen atoms in total. The number of hydrogen-bond donors (Lipinski definition) is 1. The number of thiocarbonyl (C=S) groups is 1. The number of halogens is 1. The summed E-state index contributed by atoms with van der Waals surface area (Å²) in [6.45, 7) is 0. The van der Waals surface area contributed by atoms with Crippen LogP contribution in [-0.4, -0.2) is 40.0 Å². The lowest BCUT2D eigenvalue weighted by molar-refractivity contribution is -0.127. The number of carboxylic acid groups (broad SMARTS) is 1. The van der Waals surface area contributed by atoms with Crippen molar-refractivity contribution in [3.63, 3.8) is 0 Å². The number of benzene rings is 2. The van der Waals surface area contributed by atoms with Crippen LogP contribution in [0.25, 0.3) is 17.4 Å². The van der Waals surface area contributed by atoms with Gasteiger partial charge in [-0.25, -0.2) is 4.79 Å². The fourth-order valence-electron chi connectivity index (χ4n) is 3.21. The molecule has 0 bridgehead atoms. The van der Waals surface area contributed by atoms with Crippen LogP contribution in [0, 0.1) is 0 Å². The molecule has 1 aliphatic heterocycles. The van der Waals surface area contributed by atoms with Crippen LogP contribution >= 0.6 is 23.8 Å². The Morgan fingerprint density at radius 1 is 1.06 bits per heavy atom. The lowest BCUT2D eigenvalue weighted by atomic mass is 10.1. The van der Waals surface area contributed by atoms with Crippen molar-refractivity contribution in [1.29, 1.82) is 0 Å². The molecule has 1 fully saturated rings. The number of carbonyl (C=O) groups is 3. The Hall–Kier alpha value is -3.75. The maximum atomic E-state index is 13.1. The number of para-hydroxylation sites is 1. The molecular formula is C23H15ClN2O5S. The fraction of sp³-hybridized carbons (Fsp3) is 0.0435. The van der Waals surface area contributed by atoms with Crippen molar-refractivity contribution in [1.82, 2.24) is 4.90 Å². The average Bonchev–Trinajstić information content (AvgIpc) is 3.25. The molecule has 1 saturated heterocycles. The molecule has 2 amide bonds. The summed E-state index contributed by atoms with van der Waals surface area (Å²) in [7, 11) is 1.50. The number of furan rings is 1. The third-order valence-corrected chi connectivity index (χ3v) is 5.64. The maximum absolute atomic E-state index is 13.1. The normalized spacial score (nSPS) is 15.6. The zero-order valence-corrected chi connectivity index (χ0v) is 18.2. The molecule has 3 aromatic rings. The van der Waals surface area contributed by atoms with Gasteiger partial charge in [-0.3, -0.25) is 19.4 Å². The standard InChI is InChI=1S/C23H15ClN2O5S/c1-25-20(27)17(21(28)26(23(25)32)14-5-3-2-4-6-14)12-15-8-10-19(31-15)13-7-9-18(24)16(11-13)22(29)30/h2-12H,1H3,(H,29,30)/b17-12-. The summed E-state index contributed by atoms with van der Waals surface area (Å²) < 4.78 is 5.76. The zero-order chi connectivity index (χ0) is 23.0. The first-order valence-corrected chi connectivity index (χ1v) is 10.1. The van der Waals surface area contributed by atoms with Gasteiger partial charge in [0.1, 0.15) is 17.1 Å². The first kappa shape index (κ1) is 21.5. The monoisotopic (exact) mass is 466 g/mol. The van der Waals surface area contributed by atoms with E-state index in [1.165, 1.54) is 35.1 Å². The summed E-state index contributed by atoms with van der Waals surface area (Å²) in [4.78, 5) is 39.7. The smallest absolute Gasteiger partial charge is 0.337 e. The van der Waals surface area contributed by atoms with E-state index in [1.807, 2.05) is 6.07 Å². The minimum absolute atomic E-state index is 0.0632. The van der Waals surface area contributed by atoms with Gasteiger partial charge in [-0.05, 0) is 60.8 Å². The lowest BCUT2D eigenvalue weighted by Gasteiger charge is -2.34. The molecule has 1 aromatic heterocycles. The van der Waals surface area contributed by atoms with Crippen LogP contribution in [0.1, 0.15) is 16.1 Å². The van der Waals surface area contributed by atoms with Gasteiger partial charge in [0.15, 0.2) is 5.11 Å². The zero-order valence-electron chi connectivity index (χ0n) is 16.6. The molecule has 0 aliphatic carbocycles. The highest BCUT2D eigenvalue weighted by Crippen LogP contribution is 2.29. The molecule has 0 saturated carbocycles. The van der Waals surface area contributed by atoms with E-state index in [0.717, 1.165) is 0 Å². The number of rotatable bonds is 4. The Morgan fingerprint density at radius 3 is 2.47 bits per heavy atom. The SMILES string of the molecule is CN1C(=O)/C(=C/c2ccc(-c3ccc(Cl)c(C(=O)O)c3)o2)C(=O)N(c2ccccc2)C1=S. The minimum Gasteiger partial charge on any atom is -0.478 e. The van der Waals surface area contributed by atoms with E-state index in [9.17, 15) is 19.5 Å². The van der Waals surface area contributed by atoms with Crippen LogP contribution in [0.2, 0.25) is 5.02 Å². The molecule has 4 rings (SSSR count). The number of aromatic carboxylic acids is 1. The highest BCUT2D eigenvalue weighted by atomic mass is 35.5. The molecule has 1 N–H and O–H groups in total. The van der Waals surface area contributed by atoms with Crippen molar-refractivity contribution in [2.24, 2.45) is 0 Å². The first-order valence-electron chi connectivity index (χ1n) is 9.34. The molecule has 32 heavy (non-hydrogen) atoms. The van der Waals surface area contributed by atoms with Crippen LogP contribution in [0.5, 0.6) is 0 Å². The second-order valence-electron chi connectivity index (χ2n) is 6.88. The maximum Gasteiger partial charge on any atom is 0.337 e. The molecule has 0 atom stereocenters. The largest absolute Gasteiger partial charge is 0.478 e. The summed E-state index contributed by atoms with van der Waals surface area (Å²) in [6.07, 6.45) is 1.34. The van der Waals surface area contributed by atoms with E-state index in [2.05, 4.69) is 0 Å². The molecular weight excluding hydrogens is 452 g/mol. The Balaban J connectivity index is 1.71. The lowest BCUT2D eigenvalue weighted by Crippen LogP contribution is -2.54. The van der Waals surface area contributed by atoms with Crippen molar-refractivity contribution < 1.29 is 23.9 Å². The number of nitrogens with zero attached hydrogens (tertiary/aromatic N) is 2. The van der Waals surface area contributed by atoms with E-state index >= 15 is 0 Å². The van der Waals surface area contributed by atoms with Gasteiger partial charge < -0.3 is 9.52 Å². The van der Waals surface area contributed by atoms with Gasteiger partial charge in [0.2, 0.25) is 0 Å². The Labute approximate surface area is 193 Å². The molecule has 0 spiro atoms. The highest BCUT2D eigenvalue weighted by molar-refractivity contribution is 7.80. The fourth-order valence-corrected chi connectivity index (χ4v) is 3.68. The van der Waals surface area contributed by atoms with Crippen molar-refractivity contribution >= 4 is 58.5 Å². The van der Waals surface area contributed by atoms with Gasteiger partial charge >= 0.3 is 5.97 Å². The molecule has 2 aromatic carbocycles. The van der Waals surface area contributed by atoms with Gasteiger partial charge in [-0.2, -0.15) is 0 Å². The predicted octanol–water partition coefficient (Wildman–Crippen LogP) is 4.47. The summed E-state index contributed by atoms with van der Waals surface area (Å²) in [5, 5.41) is 9.44. The van der Waals surface area contributed by atoms with Crippen LogP contribution < -0.4 is 4.90 Å². The summed E-state index contributed by atoms with van der Waals surface area (Å²) in [5.74, 6) is -1.68. The summed E-state index contributed by atoms with van der Waals surface area (Å²) >= 11 is 11.2. The predicted molar refractivity (Wildman–Crippen MR) is 123 cm³/mol. The van der Waals surface area contributed by atoms with Crippen molar-refractivity contribution in [2.75, 3.05) is 11.9 Å². The van der Waals surface area contributed by atoms with Gasteiger partial charge in [0.05, 0.1) is 16.3 Å². The van der Waals surface area contributed by atoms with Gasteiger partial charge in [-0.15, -0.1) is 0 Å². The molecule has 2 heterocycles. The van der Waals surface area contributed by atoms with Crippen molar-refractivity contribution in [3.05, 3.63) is 82.6 Å². The molecule has 0 radical (unpaired) electrons.